The number of carbonyl (C=O) groups is 1. The summed E-state index contributed by atoms with van der Waals surface area (Å²) in [7, 11) is -4.15. The SMILES string of the molecule is CC(C)COc1cc(F)cc(-c2ccc(C(=O)NS(=O)(=O)N3CCC(O)C3)c(N3C[C@@H](C)CC3(C)C)n2)c1. The molecule has 1 aromatic carbocycles. The van der Waals surface area contributed by atoms with E-state index in [0.29, 0.717) is 48.3 Å². The number of aliphatic hydroxyl groups excluding tert-OH is 1. The minimum absolute atomic E-state index is 0.0654. The van der Waals surface area contributed by atoms with Crippen molar-refractivity contribution in [1.82, 2.24) is 14.0 Å². The summed E-state index contributed by atoms with van der Waals surface area (Å²) in [5.41, 5.74) is 0.685. The van der Waals surface area contributed by atoms with Crippen LogP contribution in [0.4, 0.5) is 10.2 Å². The zero-order chi connectivity index (χ0) is 27.8. The number of amides is 1. The minimum atomic E-state index is -4.15. The van der Waals surface area contributed by atoms with Crippen molar-refractivity contribution in [2.24, 2.45) is 11.8 Å². The molecule has 1 aromatic heterocycles. The maximum Gasteiger partial charge on any atom is 0.304 e. The lowest BCUT2D eigenvalue weighted by Crippen LogP contribution is -2.44. The number of rotatable bonds is 8. The Bertz CT molecular complexity index is 1300. The van der Waals surface area contributed by atoms with Gasteiger partial charge in [-0.3, -0.25) is 4.79 Å². The highest BCUT2D eigenvalue weighted by Gasteiger charge is 2.40. The summed E-state index contributed by atoms with van der Waals surface area (Å²) in [6.45, 7) is 11.3. The summed E-state index contributed by atoms with van der Waals surface area (Å²) in [5, 5.41) is 9.75. The van der Waals surface area contributed by atoms with Gasteiger partial charge in [0, 0.05) is 36.8 Å². The van der Waals surface area contributed by atoms with Crippen LogP contribution in [0, 0.1) is 17.7 Å². The fourth-order valence-electron chi connectivity index (χ4n) is 5.17. The molecule has 208 valence electrons. The highest BCUT2D eigenvalue weighted by Crippen LogP contribution is 2.38. The number of hydrogen-bond acceptors (Lipinski definition) is 7. The van der Waals surface area contributed by atoms with Gasteiger partial charge in [0.05, 0.1) is 24.0 Å². The number of halogens is 1. The summed E-state index contributed by atoms with van der Waals surface area (Å²) in [6, 6.07) is 7.49. The second-order valence-electron chi connectivity index (χ2n) is 11.4. The molecule has 0 radical (unpaired) electrons. The van der Waals surface area contributed by atoms with E-state index < -0.39 is 28.0 Å². The molecular weight excluding hydrogens is 511 g/mol. The molecule has 11 heteroatoms. The predicted molar refractivity (Wildman–Crippen MR) is 144 cm³/mol. The fraction of sp³-hybridized carbons (Fsp3) is 0.556. The first-order chi connectivity index (χ1) is 17.7. The number of β-amino-alcohol motifs (C(OH)–C–C–N with tert-alkyl or cyclic N) is 1. The Kier molecular flexibility index (Phi) is 8.02. The van der Waals surface area contributed by atoms with Crippen LogP contribution in [0.1, 0.15) is 57.8 Å². The second-order valence-corrected chi connectivity index (χ2v) is 13.1. The molecule has 0 aliphatic carbocycles. The molecule has 2 saturated heterocycles. The van der Waals surface area contributed by atoms with Crippen LogP contribution in [0.5, 0.6) is 5.75 Å². The van der Waals surface area contributed by atoms with E-state index in [1.165, 1.54) is 18.2 Å². The van der Waals surface area contributed by atoms with E-state index in [0.717, 1.165) is 10.7 Å². The van der Waals surface area contributed by atoms with Gasteiger partial charge in [-0.15, -0.1) is 0 Å². The Morgan fingerprint density at radius 1 is 1.26 bits per heavy atom. The van der Waals surface area contributed by atoms with Crippen molar-refractivity contribution in [2.45, 2.75) is 59.1 Å². The van der Waals surface area contributed by atoms with Crippen molar-refractivity contribution in [3.63, 3.8) is 0 Å². The molecule has 9 nitrogen and oxygen atoms in total. The number of carbonyl (C=O) groups excluding carboxylic acids is 1. The van der Waals surface area contributed by atoms with Gasteiger partial charge in [-0.2, -0.15) is 12.7 Å². The minimum Gasteiger partial charge on any atom is -0.493 e. The molecule has 3 heterocycles. The summed E-state index contributed by atoms with van der Waals surface area (Å²) < 4.78 is 49.1. The van der Waals surface area contributed by atoms with E-state index in [1.807, 2.05) is 18.7 Å². The Morgan fingerprint density at radius 3 is 2.61 bits per heavy atom. The maximum absolute atomic E-state index is 14.5. The lowest BCUT2D eigenvalue weighted by Gasteiger charge is -2.34. The second kappa shape index (κ2) is 10.8. The number of aliphatic hydroxyl groups is 1. The molecule has 2 aliphatic rings. The van der Waals surface area contributed by atoms with Gasteiger partial charge in [-0.05, 0) is 62.8 Å². The average molecular weight is 549 g/mol. The molecular formula is C27H37FN4O5S. The first-order valence-corrected chi connectivity index (χ1v) is 14.4. The van der Waals surface area contributed by atoms with Crippen molar-refractivity contribution in [3.05, 3.63) is 41.7 Å². The standard InChI is InChI=1S/C27H37FN4O5S/c1-17(2)16-37-22-11-19(10-20(28)12-22)24-7-6-23(25(29-24)32-14-18(3)13-27(32,4)5)26(34)30-38(35,36)31-9-8-21(33)15-31/h6-7,10-12,17-18,21,33H,8-9,13-16H2,1-5H3,(H,30,34)/t18-,21?/m0/s1. The molecule has 4 rings (SSSR count). The lowest BCUT2D eigenvalue weighted by atomic mass is 9.97. The topological polar surface area (TPSA) is 112 Å². The smallest absolute Gasteiger partial charge is 0.304 e. The van der Waals surface area contributed by atoms with Gasteiger partial charge in [-0.1, -0.05) is 20.8 Å². The third-order valence-corrected chi connectivity index (χ3v) is 8.34. The number of aromatic nitrogens is 1. The number of benzene rings is 1. The van der Waals surface area contributed by atoms with Gasteiger partial charge in [-0.25, -0.2) is 14.1 Å². The third-order valence-electron chi connectivity index (χ3n) is 6.89. The van der Waals surface area contributed by atoms with E-state index in [2.05, 4.69) is 25.5 Å². The van der Waals surface area contributed by atoms with Crippen molar-refractivity contribution < 1.29 is 27.4 Å². The lowest BCUT2D eigenvalue weighted by molar-refractivity contribution is 0.0979. The van der Waals surface area contributed by atoms with Crippen molar-refractivity contribution in [2.75, 3.05) is 31.1 Å². The summed E-state index contributed by atoms with van der Waals surface area (Å²) in [4.78, 5) is 20.1. The highest BCUT2D eigenvalue weighted by molar-refractivity contribution is 7.87. The number of anilines is 1. The number of pyridine rings is 1. The fourth-order valence-corrected chi connectivity index (χ4v) is 6.36. The molecule has 2 aliphatic heterocycles. The van der Waals surface area contributed by atoms with E-state index >= 15 is 0 Å². The van der Waals surface area contributed by atoms with E-state index in [-0.39, 0.29) is 30.1 Å². The summed E-state index contributed by atoms with van der Waals surface area (Å²) >= 11 is 0. The molecule has 2 aromatic rings. The van der Waals surface area contributed by atoms with Gasteiger partial charge in [0.1, 0.15) is 17.4 Å². The van der Waals surface area contributed by atoms with Gasteiger partial charge < -0.3 is 14.7 Å². The zero-order valence-electron chi connectivity index (χ0n) is 22.6. The number of hydrogen-bond donors (Lipinski definition) is 2. The van der Waals surface area contributed by atoms with Crippen LogP contribution in [0.3, 0.4) is 0 Å². The van der Waals surface area contributed by atoms with Crippen LogP contribution in [0.25, 0.3) is 11.3 Å². The van der Waals surface area contributed by atoms with Crippen LogP contribution >= 0.6 is 0 Å². The first-order valence-electron chi connectivity index (χ1n) is 13.0. The molecule has 0 spiro atoms. The molecule has 0 bridgehead atoms. The van der Waals surface area contributed by atoms with E-state index in [1.54, 1.807) is 12.1 Å². The Labute approximate surface area is 224 Å². The number of ether oxygens (including phenoxy) is 1. The number of nitrogens with one attached hydrogen (secondary N) is 1. The first kappa shape index (κ1) is 28.3. The number of nitrogens with zero attached hydrogens (tertiary/aromatic N) is 3. The van der Waals surface area contributed by atoms with E-state index in [4.69, 9.17) is 9.72 Å². The Balaban J connectivity index is 1.73. The normalized spacial score (nSPS) is 21.7. The van der Waals surface area contributed by atoms with Gasteiger partial charge in [0.25, 0.3) is 5.91 Å². The quantitative estimate of drug-likeness (QED) is 0.519. The van der Waals surface area contributed by atoms with Crippen LogP contribution < -0.4 is 14.4 Å². The van der Waals surface area contributed by atoms with Gasteiger partial charge >= 0.3 is 10.2 Å². The van der Waals surface area contributed by atoms with Crippen molar-refractivity contribution >= 4 is 21.9 Å². The third kappa shape index (κ3) is 6.27. The van der Waals surface area contributed by atoms with Gasteiger partial charge in [0.15, 0.2) is 0 Å². The molecule has 1 amide bonds. The molecule has 2 atom stereocenters. The molecule has 38 heavy (non-hydrogen) atoms. The van der Waals surface area contributed by atoms with Crippen LogP contribution in [0.2, 0.25) is 0 Å². The highest BCUT2D eigenvalue weighted by atomic mass is 32.2. The average Bonchev–Trinajstić information content (AvgIpc) is 3.38. The largest absolute Gasteiger partial charge is 0.493 e. The summed E-state index contributed by atoms with van der Waals surface area (Å²) in [6.07, 6.45) is 0.412. The van der Waals surface area contributed by atoms with Crippen molar-refractivity contribution in [1.29, 1.82) is 0 Å². The predicted octanol–water partition coefficient (Wildman–Crippen LogP) is 3.59. The molecule has 2 fully saturated rings. The molecule has 2 N–H and O–H groups in total. The van der Waals surface area contributed by atoms with Crippen LogP contribution in [0.15, 0.2) is 30.3 Å². The monoisotopic (exact) mass is 548 g/mol. The maximum atomic E-state index is 14.5. The summed E-state index contributed by atoms with van der Waals surface area (Å²) in [5.74, 6) is 0.0272. The zero-order valence-corrected chi connectivity index (χ0v) is 23.4. The van der Waals surface area contributed by atoms with Crippen LogP contribution in [-0.4, -0.2) is 66.6 Å². The molecule has 1 unspecified atom stereocenters. The Hall–Kier alpha value is -2.76. The van der Waals surface area contributed by atoms with Gasteiger partial charge in [0.2, 0.25) is 0 Å². The van der Waals surface area contributed by atoms with Crippen LogP contribution in [-0.2, 0) is 10.2 Å². The van der Waals surface area contributed by atoms with Crippen molar-refractivity contribution in [3.8, 4) is 17.0 Å². The Morgan fingerprint density at radius 2 is 2.00 bits per heavy atom. The van der Waals surface area contributed by atoms with E-state index in [9.17, 15) is 22.7 Å². The molecule has 0 saturated carbocycles.